The molecule has 1 aromatic carbocycles. The predicted molar refractivity (Wildman–Crippen MR) is 79.5 cm³/mol. The Morgan fingerprint density at radius 3 is 2.52 bits per heavy atom. The third-order valence-electron chi connectivity index (χ3n) is 3.12. The van der Waals surface area contributed by atoms with Crippen LogP contribution < -0.4 is 5.46 Å². The smallest absolute Gasteiger partial charge is 0.270 e. The van der Waals surface area contributed by atoms with Gasteiger partial charge in [-0.05, 0) is 18.2 Å². The monoisotopic (exact) mass is 296 g/mol. The van der Waals surface area contributed by atoms with Crippen molar-refractivity contribution in [1.82, 2.24) is 8.96 Å². The average Bonchev–Trinajstić information content (AvgIpc) is 2.89. The molecule has 0 amide bonds. The summed E-state index contributed by atoms with van der Waals surface area (Å²) in [5.74, 6) is 0. The zero-order valence-corrected chi connectivity index (χ0v) is 11.6. The SMILES string of the molecule is [B]c1ccnc2c1cc(C=O)n2S(=O)(=O)c1ccccc1. The Labute approximate surface area is 122 Å². The van der Waals surface area contributed by atoms with E-state index in [9.17, 15) is 13.2 Å². The topological polar surface area (TPSA) is 69.0 Å². The molecule has 0 saturated carbocycles. The van der Waals surface area contributed by atoms with Crippen LogP contribution in [0.5, 0.6) is 0 Å². The maximum absolute atomic E-state index is 12.7. The Hall–Kier alpha value is -2.41. The fourth-order valence-electron chi connectivity index (χ4n) is 2.15. The van der Waals surface area contributed by atoms with E-state index in [0.717, 1.165) is 3.97 Å². The van der Waals surface area contributed by atoms with Crippen molar-refractivity contribution in [2.75, 3.05) is 0 Å². The highest BCUT2D eigenvalue weighted by atomic mass is 32.2. The van der Waals surface area contributed by atoms with Crippen molar-refractivity contribution < 1.29 is 13.2 Å². The summed E-state index contributed by atoms with van der Waals surface area (Å²) in [6.07, 6.45) is 1.88. The number of rotatable bonds is 3. The average molecular weight is 296 g/mol. The molecule has 0 aliphatic heterocycles. The van der Waals surface area contributed by atoms with Gasteiger partial charge in [-0.1, -0.05) is 29.7 Å². The third kappa shape index (κ3) is 2.06. The lowest BCUT2D eigenvalue weighted by atomic mass is 9.94. The molecular weight excluding hydrogens is 287 g/mol. The summed E-state index contributed by atoms with van der Waals surface area (Å²) in [6.45, 7) is 0. The van der Waals surface area contributed by atoms with Crippen LogP contribution in [-0.4, -0.2) is 31.5 Å². The summed E-state index contributed by atoms with van der Waals surface area (Å²) in [5.41, 5.74) is 0.491. The summed E-state index contributed by atoms with van der Waals surface area (Å²) in [4.78, 5) is 15.4. The van der Waals surface area contributed by atoms with E-state index in [1.54, 1.807) is 24.3 Å². The number of pyridine rings is 1. The molecule has 3 rings (SSSR count). The van der Waals surface area contributed by atoms with Crippen LogP contribution in [0.3, 0.4) is 0 Å². The van der Waals surface area contributed by atoms with Crippen LogP contribution in [0.2, 0.25) is 0 Å². The van der Waals surface area contributed by atoms with Crippen LogP contribution in [0.25, 0.3) is 11.0 Å². The third-order valence-corrected chi connectivity index (χ3v) is 4.86. The first-order valence-electron chi connectivity index (χ1n) is 6.07. The van der Waals surface area contributed by atoms with E-state index in [1.165, 1.54) is 24.4 Å². The lowest BCUT2D eigenvalue weighted by Crippen LogP contribution is -2.16. The van der Waals surface area contributed by atoms with Crippen molar-refractivity contribution in [3.05, 3.63) is 54.4 Å². The number of carbonyl (C=O) groups is 1. The molecule has 0 unspecified atom stereocenters. The molecule has 2 heterocycles. The quantitative estimate of drug-likeness (QED) is 0.531. The summed E-state index contributed by atoms with van der Waals surface area (Å²) in [5, 5.41) is 0.430. The number of nitrogens with zero attached hydrogens (tertiary/aromatic N) is 2. The standard InChI is InChI=1S/C14H9BN2O3S/c15-13-6-7-16-14-12(13)8-10(9-18)17(14)21(19,20)11-4-2-1-3-5-11/h1-9H. The fraction of sp³-hybridized carbons (Fsp3) is 0. The van der Waals surface area contributed by atoms with E-state index in [4.69, 9.17) is 7.85 Å². The number of fused-ring (bicyclic) bond motifs is 1. The number of hydrogen-bond donors (Lipinski definition) is 0. The molecule has 0 N–H and O–H groups in total. The minimum Gasteiger partial charge on any atom is -0.296 e. The normalized spacial score (nSPS) is 11.6. The Bertz CT molecular complexity index is 934. The Morgan fingerprint density at radius 2 is 1.86 bits per heavy atom. The van der Waals surface area contributed by atoms with E-state index in [-0.39, 0.29) is 16.2 Å². The highest BCUT2D eigenvalue weighted by Gasteiger charge is 2.23. The van der Waals surface area contributed by atoms with Crippen molar-refractivity contribution in [2.24, 2.45) is 0 Å². The van der Waals surface area contributed by atoms with Gasteiger partial charge < -0.3 is 0 Å². The Morgan fingerprint density at radius 1 is 1.14 bits per heavy atom. The first-order chi connectivity index (χ1) is 10.1. The molecule has 0 fully saturated rings. The van der Waals surface area contributed by atoms with E-state index >= 15 is 0 Å². The highest BCUT2D eigenvalue weighted by Crippen LogP contribution is 2.22. The zero-order valence-electron chi connectivity index (χ0n) is 10.8. The maximum atomic E-state index is 12.7. The molecule has 102 valence electrons. The number of hydrogen-bond acceptors (Lipinski definition) is 4. The van der Waals surface area contributed by atoms with Gasteiger partial charge >= 0.3 is 0 Å². The second kappa shape index (κ2) is 4.85. The minimum atomic E-state index is -3.91. The first kappa shape index (κ1) is 13.6. The first-order valence-corrected chi connectivity index (χ1v) is 7.51. The van der Waals surface area contributed by atoms with Gasteiger partial charge in [-0.25, -0.2) is 17.4 Å². The number of carbonyl (C=O) groups excluding carboxylic acids is 1. The molecule has 21 heavy (non-hydrogen) atoms. The fourth-order valence-corrected chi connectivity index (χ4v) is 3.61. The van der Waals surface area contributed by atoms with Crippen molar-refractivity contribution in [1.29, 1.82) is 0 Å². The molecule has 2 radical (unpaired) electrons. The van der Waals surface area contributed by atoms with Gasteiger partial charge in [0, 0.05) is 11.6 Å². The van der Waals surface area contributed by atoms with Crippen molar-refractivity contribution >= 4 is 40.7 Å². The van der Waals surface area contributed by atoms with E-state index < -0.39 is 10.0 Å². The molecule has 3 aromatic rings. The molecular formula is C14H9BN2O3S. The molecule has 0 bridgehead atoms. The molecule has 0 atom stereocenters. The lowest BCUT2D eigenvalue weighted by molar-refractivity contribution is 0.111. The van der Waals surface area contributed by atoms with Gasteiger partial charge in [-0.3, -0.25) is 4.79 Å². The Kier molecular flexibility index (Phi) is 3.14. The van der Waals surface area contributed by atoms with Crippen LogP contribution in [0.1, 0.15) is 10.5 Å². The molecule has 0 spiro atoms. The second-order valence-electron chi connectivity index (χ2n) is 4.41. The summed E-state index contributed by atoms with van der Waals surface area (Å²) in [7, 11) is 1.90. The minimum absolute atomic E-state index is 0.0146. The summed E-state index contributed by atoms with van der Waals surface area (Å²) < 4.78 is 26.4. The lowest BCUT2D eigenvalue weighted by Gasteiger charge is -2.08. The zero-order chi connectivity index (χ0) is 15.0. The summed E-state index contributed by atoms with van der Waals surface area (Å²) in [6, 6.07) is 10.8. The van der Waals surface area contributed by atoms with Gasteiger partial charge in [0.25, 0.3) is 10.0 Å². The van der Waals surface area contributed by atoms with Crippen molar-refractivity contribution in [3.8, 4) is 0 Å². The molecule has 0 aliphatic carbocycles. The second-order valence-corrected chi connectivity index (χ2v) is 6.19. The van der Waals surface area contributed by atoms with Crippen molar-refractivity contribution in [2.45, 2.75) is 4.90 Å². The van der Waals surface area contributed by atoms with Gasteiger partial charge in [-0.15, -0.1) is 0 Å². The van der Waals surface area contributed by atoms with Crippen LogP contribution >= 0.6 is 0 Å². The van der Waals surface area contributed by atoms with E-state index in [1.807, 2.05) is 0 Å². The number of benzene rings is 1. The maximum Gasteiger partial charge on any atom is 0.270 e. The van der Waals surface area contributed by atoms with Crippen LogP contribution in [0, 0.1) is 0 Å². The molecule has 2 aromatic heterocycles. The molecule has 0 saturated heterocycles. The Balaban J connectivity index is 2.40. The number of aromatic nitrogens is 2. The molecule has 7 heteroatoms. The van der Waals surface area contributed by atoms with Gasteiger partial charge in [-0.2, -0.15) is 0 Å². The van der Waals surface area contributed by atoms with Gasteiger partial charge in [0.05, 0.1) is 10.6 Å². The predicted octanol–water partition coefficient (Wildman–Crippen LogP) is 0.880. The summed E-state index contributed by atoms with van der Waals surface area (Å²) >= 11 is 0. The molecule has 5 nitrogen and oxygen atoms in total. The van der Waals surface area contributed by atoms with Gasteiger partial charge in [0.2, 0.25) is 0 Å². The van der Waals surface area contributed by atoms with Crippen molar-refractivity contribution in [3.63, 3.8) is 0 Å². The highest BCUT2D eigenvalue weighted by molar-refractivity contribution is 7.90. The van der Waals surface area contributed by atoms with E-state index in [2.05, 4.69) is 4.98 Å². The van der Waals surface area contributed by atoms with Gasteiger partial charge in [0.15, 0.2) is 11.9 Å². The van der Waals surface area contributed by atoms with Crippen LogP contribution in [0.4, 0.5) is 0 Å². The molecule has 0 aliphatic rings. The van der Waals surface area contributed by atoms with Crippen LogP contribution in [-0.2, 0) is 10.0 Å². The van der Waals surface area contributed by atoms with Crippen LogP contribution in [0.15, 0.2) is 53.6 Å². The number of aldehydes is 1. The largest absolute Gasteiger partial charge is 0.296 e. The van der Waals surface area contributed by atoms with Gasteiger partial charge in [0.1, 0.15) is 7.85 Å². The van der Waals surface area contributed by atoms with E-state index in [0.29, 0.717) is 17.1 Å².